The fraction of sp³-hybridized carbons (Fsp3) is 0.545. The number of aliphatic hydroxyl groups excluding tert-OH is 1. The molecule has 17 heavy (non-hydrogen) atoms. The lowest BCUT2D eigenvalue weighted by Crippen LogP contribution is -2.35. The number of piperidine rings is 1. The van der Waals surface area contributed by atoms with Crippen LogP contribution in [0.2, 0.25) is 0 Å². The van der Waals surface area contributed by atoms with Crippen LogP contribution in [0.3, 0.4) is 0 Å². The van der Waals surface area contributed by atoms with Gasteiger partial charge < -0.3 is 15.7 Å². The number of thioether (sulfide) groups is 1. The number of thiophene rings is 1. The van der Waals surface area contributed by atoms with Gasteiger partial charge in [0.05, 0.1) is 16.7 Å². The number of nitriles is 1. The van der Waals surface area contributed by atoms with Gasteiger partial charge in [0.1, 0.15) is 15.9 Å². The SMILES string of the molecule is CSc1c(N2CCC(O)CC2)sc(C#N)c1N. The molecule has 92 valence electrons. The van der Waals surface area contributed by atoms with Gasteiger partial charge in [-0.1, -0.05) is 0 Å². The van der Waals surface area contributed by atoms with Crippen molar-refractivity contribution in [3.05, 3.63) is 4.88 Å². The predicted molar refractivity (Wildman–Crippen MR) is 72.7 cm³/mol. The summed E-state index contributed by atoms with van der Waals surface area (Å²) < 4.78 is 0. The Morgan fingerprint density at radius 1 is 1.53 bits per heavy atom. The minimum absolute atomic E-state index is 0.184. The van der Waals surface area contributed by atoms with E-state index in [4.69, 9.17) is 11.0 Å². The fourth-order valence-electron chi connectivity index (χ4n) is 1.97. The zero-order valence-electron chi connectivity index (χ0n) is 9.64. The van der Waals surface area contributed by atoms with Crippen LogP contribution in [0.4, 0.5) is 10.7 Å². The summed E-state index contributed by atoms with van der Waals surface area (Å²) in [6, 6.07) is 2.14. The lowest BCUT2D eigenvalue weighted by Gasteiger charge is -2.30. The van der Waals surface area contributed by atoms with Crippen molar-refractivity contribution in [2.24, 2.45) is 0 Å². The number of nitrogens with zero attached hydrogens (tertiary/aromatic N) is 2. The van der Waals surface area contributed by atoms with E-state index in [9.17, 15) is 5.11 Å². The molecule has 0 saturated carbocycles. The molecule has 1 aromatic heterocycles. The average molecular weight is 269 g/mol. The van der Waals surface area contributed by atoms with Gasteiger partial charge in [0.2, 0.25) is 0 Å². The normalized spacial score (nSPS) is 17.1. The molecule has 6 heteroatoms. The molecular formula is C11H15N3OS2. The first-order chi connectivity index (χ1) is 8.17. The second-order valence-corrected chi connectivity index (χ2v) is 5.83. The van der Waals surface area contributed by atoms with E-state index in [-0.39, 0.29) is 6.10 Å². The number of nitrogen functional groups attached to an aromatic ring is 1. The summed E-state index contributed by atoms with van der Waals surface area (Å²) in [5, 5.41) is 19.6. The Balaban J connectivity index is 2.29. The van der Waals surface area contributed by atoms with Gasteiger partial charge in [-0.15, -0.1) is 23.1 Å². The first kappa shape index (κ1) is 12.6. The van der Waals surface area contributed by atoms with E-state index in [0.717, 1.165) is 35.8 Å². The molecule has 2 heterocycles. The van der Waals surface area contributed by atoms with Crippen LogP contribution in [0.5, 0.6) is 0 Å². The first-order valence-electron chi connectivity index (χ1n) is 5.46. The molecule has 1 aliphatic heterocycles. The second-order valence-electron chi connectivity index (χ2n) is 4.01. The maximum Gasteiger partial charge on any atom is 0.131 e. The summed E-state index contributed by atoms with van der Waals surface area (Å²) >= 11 is 3.04. The van der Waals surface area contributed by atoms with Crippen molar-refractivity contribution in [1.29, 1.82) is 5.26 Å². The largest absolute Gasteiger partial charge is 0.396 e. The Morgan fingerprint density at radius 3 is 2.71 bits per heavy atom. The number of aliphatic hydroxyl groups is 1. The first-order valence-corrected chi connectivity index (χ1v) is 7.50. The molecule has 0 bridgehead atoms. The van der Waals surface area contributed by atoms with Crippen LogP contribution in [0.15, 0.2) is 4.90 Å². The monoisotopic (exact) mass is 269 g/mol. The van der Waals surface area contributed by atoms with Crippen molar-refractivity contribution in [3.8, 4) is 6.07 Å². The van der Waals surface area contributed by atoms with Gasteiger partial charge in [-0.25, -0.2) is 0 Å². The summed E-state index contributed by atoms with van der Waals surface area (Å²) in [6.45, 7) is 1.67. The van der Waals surface area contributed by atoms with Crippen LogP contribution in [0, 0.1) is 11.3 Å². The number of hydrogen-bond acceptors (Lipinski definition) is 6. The van der Waals surface area contributed by atoms with Gasteiger partial charge in [0.15, 0.2) is 0 Å². The third-order valence-corrected chi connectivity index (χ3v) is 5.06. The molecule has 2 rings (SSSR count). The molecule has 1 aromatic rings. The Bertz CT molecular complexity index is 444. The van der Waals surface area contributed by atoms with Gasteiger partial charge in [-0.2, -0.15) is 5.26 Å². The van der Waals surface area contributed by atoms with Crippen LogP contribution < -0.4 is 10.6 Å². The quantitative estimate of drug-likeness (QED) is 0.802. The Labute approximate surface area is 109 Å². The van der Waals surface area contributed by atoms with Gasteiger partial charge in [0.25, 0.3) is 0 Å². The van der Waals surface area contributed by atoms with Gasteiger partial charge >= 0.3 is 0 Å². The zero-order valence-corrected chi connectivity index (χ0v) is 11.3. The lowest BCUT2D eigenvalue weighted by molar-refractivity contribution is 0.145. The molecule has 0 spiro atoms. The van der Waals surface area contributed by atoms with Crippen molar-refractivity contribution in [1.82, 2.24) is 0 Å². The average Bonchev–Trinajstić information content (AvgIpc) is 2.66. The molecule has 0 aliphatic carbocycles. The van der Waals surface area contributed by atoms with Crippen LogP contribution in [-0.4, -0.2) is 30.6 Å². The highest BCUT2D eigenvalue weighted by Gasteiger charge is 2.24. The third-order valence-electron chi connectivity index (χ3n) is 2.94. The van der Waals surface area contributed by atoms with Crippen molar-refractivity contribution >= 4 is 33.8 Å². The van der Waals surface area contributed by atoms with Gasteiger partial charge in [-0.05, 0) is 19.1 Å². The van der Waals surface area contributed by atoms with E-state index < -0.39 is 0 Å². The van der Waals surface area contributed by atoms with E-state index in [1.807, 2.05) is 6.26 Å². The van der Waals surface area contributed by atoms with E-state index in [0.29, 0.717) is 10.6 Å². The molecule has 3 N–H and O–H groups in total. The van der Waals surface area contributed by atoms with E-state index in [1.165, 1.54) is 11.3 Å². The van der Waals surface area contributed by atoms with Crippen LogP contribution in [0.25, 0.3) is 0 Å². The number of nitrogens with two attached hydrogens (primary N) is 1. The second kappa shape index (κ2) is 5.17. The molecule has 0 atom stereocenters. The van der Waals surface area contributed by atoms with Gasteiger partial charge in [-0.3, -0.25) is 0 Å². The third kappa shape index (κ3) is 2.37. The number of hydrogen-bond donors (Lipinski definition) is 2. The Morgan fingerprint density at radius 2 is 2.18 bits per heavy atom. The maximum atomic E-state index is 9.50. The van der Waals surface area contributed by atoms with E-state index in [1.54, 1.807) is 11.8 Å². The summed E-state index contributed by atoms with van der Waals surface area (Å²) in [5.74, 6) is 0. The summed E-state index contributed by atoms with van der Waals surface area (Å²) in [4.78, 5) is 3.82. The van der Waals surface area contributed by atoms with Crippen molar-refractivity contribution < 1.29 is 5.11 Å². The highest BCUT2D eigenvalue weighted by atomic mass is 32.2. The van der Waals surface area contributed by atoms with Crippen molar-refractivity contribution in [2.75, 3.05) is 30.0 Å². The molecule has 0 amide bonds. The number of rotatable bonds is 2. The topological polar surface area (TPSA) is 73.3 Å². The highest BCUT2D eigenvalue weighted by molar-refractivity contribution is 7.99. The van der Waals surface area contributed by atoms with Crippen LogP contribution >= 0.6 is 23.1 Å². The smallest absolute Gasteiger partial charge is 0.131 e. The highest BCUT2D eigenvalue weighted by Crippen LogP contribution is 2.44. The minimum Gasteiger partial charge on any atom is -0.396 e. The number of anilines is 2. The molecule has 1 fully saturated rings. The molecular weight excluding hydrogens is 254 g/mol. The van der Waals surface area contributed by atoms with Crippen molar-refractivity contribution in [2.45, 2.75) is 23.8 Å². The summed E-state index contributed by atoms with van der Waals surface area (Å²) in [5.41, 5.74) is 6.55. The summed E-state index contributed by atoms with van der Waals surface area (Å²) in [6.07, 6.45) is 3.36. The maximum absolute atomic E-state index is 9.50. The van der Waals surface area contributed by atoms with E-state index >= 15 is 0 Å². The minimum atomic E-state index is -0.184. The van der Waals surface area contributed by atoms with Crippen molar-refractivity contribution in [3.63, 3.8) is 0 Å². The molecule has 1 aliphatic rings. The van der Waals surface area contributed by atoms with Crippen LogP contribution in [-0.2, 0) is 0 Å². The van der Waals surface area contributed by atoms with Gasteiger partial charge in [0, 0.05) is 13.1 Å². The summed E-state index contributed by atoms with van der Waals surface area (Å²) in [7, 11) is 0. The van der Waals surface area contributed by atoms with Crippen LogP contribution in [0.1, 0.15) is 17.7 Å². The van der Waals surface area contributed by atoms with E-state index in [2.05, 4.69) is 11.0 Å². The zero-order chi connectivity index (χ0) is 12.4. The Hall–Kier alpha value is -0.900. The molecule has 0 aromatic carbocycles. The molecule has 4 nitrogen and oxygen atoms in total. The standard InChI is InChI=1S/C11H15N3OS2/c1-16-10-9(13)8(6-12)17-11(10)14-4-2-7(15)3-5-14/h7,15H,2-5,13H2,1H3. The molecule has 0 unspecified atom stereocenters. The fourth-order valence-corrected chi connectivity index (χ4v) is 4.00. The Kier molecular flexibility index (Phi) is 3.82. The molecule has 1 saturated heterocycles. The lowest BCUT2D eigenvalue weighted by atomic mass is 10.1. The molecule has 0 radical (unpaired) electrons. The predicted octanol–water partition coefficient (Wildman–Crippen LogP) is 1.88.